The number of nitrogens with one attached hydrogen (secondary N) is 1. The van der Waals surface area contributed by atoms with Crippen LogP contribution in [0.1, 0.15) is 22.4 Å². The second-order valence-electron chi connectivity index (χ2n) is 4.69. The molecule has 2 rings (SSSR count). The average molecular weight is 344 g/mol. The fourth-order valence-corrected chi connectivity index (χ4v) is 2.77. The van der Waals surface area contributed by atoms with Gasteiger partial charge in [-0.2, -0.15) is 13.2 Å². The Kier molecular flexibility index (Phi) is 5.73. The van der Waals surface area contributed by atoms with Crippen LogP contribution in [0, 0.1) is 0 Å². The molecule has 1 N–H and O–H groups in total. The summed E-state index contributed by atoms with van der Waals surface area (Å²) in [4.78, 5) is 15.6. The number of methoxy groups -OCH3 is 1. The van der Waals surface area contributed by atoms with E-state index in [1.54, 1.807) is 24.3 Å². The van der Waals surface area contributed by atoms with Crippen molar-refractivity contribution in [3.8, 4) is 0 Å². The maximum Gasteiger partial charge on any atom is 0.434 e. The van der Waals surface area contributed by atoms with Crippen LogP contribution in [0.4, 0.5) is 13.2 Å². The van der Waals surface area contributed by atoms with Crippen molar-refractivity contribution >= 4 is 17.2 Å². The van der Waals surface area contributed by atoms with Crippen LogP contribution in [0.15, 0.2) is 35.7 Å². The molecule has 0 spiro atoms. The molecule has 0 saturated carbocycles. The summed E-state index contributed by atoms with van der Waals surface area (Å²) in [5.41, 5.74) is -0.191. The molecule has 0 fully saturated rings. The Labute approximate surface area is 135 Å². The van der Waals surface area contributed by atoms with Crippen LogP contribution in [0.2, 0.25) is 0 Å². The second-order valence-corrected chi connectivity index (χ2v) is 5.63. The zero-order valence-corrected chi connectivity index (χ0v) is 13.1. The van der Waals surface area contributed by atoms with Crippen LogP contribution < -0.4 is 5.32 Å². The molecule has 1 aromatic heterocycles. The minimum absolute atomic E-state index is 0.191. The molecule has 1 atom stereocenters. The van der Waals surface area contributed by atoms with E-state index in [1.165, 1.54) is 7.11 Å². The number of halogens is 3. The van der Waals surface area contributed by atoms with Crippen molar-refractivity contribution in [1.29, 1.82) is 0 Å². The minimum atomic E-state index is -4.44. The van der Waals surface area contributed by atoms with E-state index in [0.717, 1.165) is 16.7 Å². The third kappa shape index (κ3) is 4.77. The van der Waals surface area contributed by atoms with E-state index in [1.807, 2.05) is 6.07 Å². The minimum Gasteiger partial charge on any atom is -0.367 e. The van der Waals surface area contributed by atoms with Crippen molar-refractivity contribution in [3.05, 3.63) is 52.0 Å². The van der Waals surface area contributed by atoms with E-state index in [0.29, 0.717) is 10.6 Å². The van der Waals surface area contributed by atoms with Gasteiger partial charge in [-0.15, -0.1) is 11.3 Å². The lowest BCUT2D eigenvalue weighted by Crippen LogP contribution is -2.31. The number of ether oxygens (including phenoxy) is 1. The van der Waals surface area contributed by atoms with Gasteiger partial charge in [-0.05, 0) is 5.56 Å². The SMILES string of the molecule is COC(C(=O)NCCc1nc(C(F)(F)F)cs1)c1ccccc1. The van der Waals surface area contributed by atoms with Gasteiger partial charge in [-0.1, -0.05) is 30.3 Å². The van der Waals surface area contributed by atoms with Crippen molar-refractivity contribution in [2.24, 2.45) is 0 Å². The van der Waals surface area contributed by atoms with E-state index < -0.39 is 18.0 Å². The first kappa shape index (κ1) is 17.4. The first-order valence-corrected chi connectivity index (χ1v) is 7.67. The number of carbonyl (C=O) groups is 1. The predicted octanol–water partition coefficient (Wildman–Crippen LogP) is 3.21. The maximum atomic E-state index is 12.4. The molecule has 1 amide bonds. The molecule has 2 aromatic rings. The fraction of sp³-hybridized carbons (Fsp3) is 0.333. The number of rotatable bonds is 6. The summed E-state index contributed by atoms with van der Waals surface area (Å²) >= 11 is 0.925. The number of carbonyl (C=O) groups excluding carboxylic acids is 1. The van der Waals surface area contributed by atoms with E-state index in [-0.39, 0.29) is 18.9 Å². The van der Waals surface area contributed by atoms with Crippen LogP contribution in [0.25, 0.3) is 0 Å². The molecule has 1 heterocycles. The number of hydrogen-bond acceptors (Lipinski definition) is 4. The Bertz CT molecular complexity index is 644. The van der Waals surface area contributed by atoms with Gasteiger partial charge < -0.3 is 10.1 Å². The summed E-state index contributed by atoms with van der Waals surface area (Å²) in [6, 6.07) is 8.95. The van der Waals surface area contributed by atoms with E-state index in [4.69, 9.17) is 4.74 Å². The normalized spacial score (nSPS) is 12.9. The Hall–Kier alpha value is -1.93. The van der Waals surface area contributed by atoms with Gasteiger partial charge in [-0.3, -0.25) is 4.79 Å². The summed E-state index contributed by atoms with van der Waals surface area (Å²) < 4.78 is 42.5. The van der Waals surface area contributed by atoms with Gasteiger partial charge in [0.25, 0.3) is 5.91 Å². The third-order valence-electron chi connectivity index (χ3n) is 3.06. The highest BCUT2D eigenvalue weighted by Crippen LogP contribution is 2.30. The summed E-state index contributed by atoms with van der Waals surface area (Å²) in [5, 5.41) is 3.95. The zero-order chi connectivity index (χ0) is 16.9. The van der Waals surface area contributed by atoms with Crippen LogP contribution in [0.5, 0.6) is 0 Å². The van der Waals surface area contributed by atoms with Gasteiger partial charge in [0.05, 0.1) is 5.01 Å². The smallest absolute Gasteiger partial charge is 0.367 e. The Morgan fingerprint density at radius 2 is 2.04 bits per heavy atom. The molecule has 0 aliphatic carbocycles. The molecule has 0 saturated heterocycles. The molecule has 1 unspecified atom stereocenters. The largest absolute Gasteiger partial charge is 0.434 e. The molecule has 8 heteroatoms. The van der Waals surface area contributed by atoms with Crippen LogP contribution >= 0.6 is 11.3 Å². The number of aromatic nitrogens is 1. The Balaban J connectivity index is 1.88. The molecule has 4 nitrogen and oxygen atoms in total. The second kappa shape index (κ2) is 7.56. The van der Waals surface area contributed by atoms with Crippen LogP contribution in [-0.4, -0.2) is 24.5 Å². The molecule has 0 radical (unpaired) electrons. The molecule has 0 bridgehead atoms. The monoisotopic (exact) mass is 344 g/mol. The quantitative estimate of drug-likeness (QED) is 0.875. The van der Waals surface area contributed by atoms with Crippen LogP contribution in [-0.2, 0) is 22.1 Å². The highest BCUT2D eigenvalue weighted by atomic mass is 32.1. The van der Waals surface area contributed by atoms with Crippen LogP contribution in [0.3, 0.4) is 0 Å². The number of amides is 1. The lowest BCUT2D eigenvalue weighted by atomic mass is 10.1. The van der Waals surface area contributed by atoms with E-state index in [2.05, 4.69) is 10.3 Å². The summed E-state index contributed by atoms with van der Waals surface area (Å²) in [7, 11) is 1.42. The lowest BCUT2D eigenvalue weighted by Gasteiger charge is -2.15. The number of nitrogens with zero attached hydrogens (tertiary/aromatic N) is 1. The molecular formula is C15H15F3N2O2S. The van der Waals surface area contributed by atoms with Gasteiger partial charge in [-0.25, -0.2) is 4.98 Å². The molecule has 23 heavy (non-hydrogen) atoms. The standard InChI is InChI=1S/C15H15F3N2O2S/c1-22-13(10-5-3-2-4-6-10)14(21)19-8-7-12-20-11(9-23-12)15(16,17)18/h2-6,9,13H,7-8H2,1H3,(H,19,21). The average Bonchev–Trinajstić information content (AvgIpc) is 2.98. The number of hydrogen-bond donors (Lipinski definition) is 1. The molecule has 0 aliphatic rings. The molecular weight excluding hydrogens is 329 g/mol. The lowest BCUT2D eigenvalue weighted by molar-refractivity contribution is -0.140. The maximum absolute atomic E-state index is 12.4. The number of alkyl halides is 3. The van der Waals surface area contributed by atoms with E-state index >= 15 is 0 Å². The van der Waals surface area contributed by atoms with Crippen molar-refractivity contribution in [1.82, 2.24) is 10.3 Å². The molecule has 1 aromatic carbocycles. The summed E-state index contributed by atoms with van der Waals surface area (Å²) in [6.45, 7) is 0.191. The first-order valence-electron chi connectivity index (χ1n) is 6.79. The summed E-state index contributed by atoms with van der Waals surface area (Å²) in [6.07, 6.45) is -4.96. The Morgan fingerprint density at radius 1 is 1.35 bits per heavy atom. The molecule has 0 aliphatic heterocycles. The van der Waals surface area contributed by atoms with Gasteiger partial charge in [0, 0.05) is 25.5 Å². The van der Waals surface area contributed by atoms with Gasteiger partial charge >= 0.3 is 6.18 Å². The fourth-order valence-electron chi connectivity index (χ4n) is 1.96. The van der Waals surface area contributed by atoms with E-state index in [9.17, 15) is 18.0 Å². The number of thiazole rings is 1. The van der Waals surface area contributed by atoms with Gasteiger partial charge in [0.15, 0.2) is 11.8 Å². The highest BCUT2D eigenvalue weighted by Gasteiger charge is 2.33. The predicted molar refractivity (Wildman–Crippen MR) is 80.0 cm³/mol. The summed E-state index contributed by atoms with van der Waals surface area (Å²) in [5.74, 6) is -0.341. The van der Waals surface area contributed by atoms with Gasteiger partial charge in [0.2, 0.25) is 0 Å². The Morgan fingerprint density at radius 3 is 2.61 bits per heavy atom. The van der Waals surface area contributed by atoms with Gasteiger partial charge in [0.1, 0.15) is 0 Å². The van der Waals surface area contributed by atoms with Crippen molar-refractivity contribution in [2.45, 2.75) is 18.7 Å². The third-order valence-corrected chi connectivity index (χ3v) is 3.97. The van der Waals surface area contributed by atoms with Crippen molar-refractivity contribution < 1.29 is 22.7 Å². The zero-order valence-electron chi connectivity index (χ0n) is 12.3. The van der Waals surface area contributed by atoms with Crippen molar-refractivity contribution in [2.75, 3.05) is 13.7 Å². The van der Waals surface area contributed by atoms with Crippen molar-refractivity contribution in [3.63, 3.8) is 0 Å². The molecule has 124 valence electrons. The number of benzene rings is 1. The highest BCUT2D eigenvalue weighted by molar-refractivity contribution is 7.09. The topological polar surface area (TPSA) is 51.2 Å². The first-order chi connectivity index (χ1) is 10.9.